The molecule has 0 aliphatic carbocycles. The van der Waals surface area contributed by atoms with Crippen LogP contribution < -0.4 is 5.32 Å². The van der Waals surface area contributed by atoms with E-state index in [0.29, 0.717) is 15.6 Å². The van der Waals surface area contributed by atoms with Crippen LogP contribution in [-0.4, -0.2) is 10.9 Å². The monoisotopic (exact) mass is 294 g/mol. The predicted octanol–water partition coefficient (Wildman–Crippen LogP) is 3.88. The van der Waals surface area contributed by atoms with E-state index < -0.39 is 0 Å². The average molecular weight is 295 g/mol. The molecule has 0 bridgehead atoms. The number of nitrogens with one attached hydrogen (secondary N) is 1. The maximum Gasteiger partial charge on any atom is 0.251 e. The molecule has 1 atom stereocenters. The second kappa shape index (κ2) is 6.04. The highest BCUT2D eigenvalue weighted by atomic mass is 35.5. The van der Waals surface area contributed by atoms with Gasteiger partial charge in [-0.05, 0) is 37.3 Å². The molecule has 0 saturated heterocycles. The molecule has 0 spiro atoms. The van der Waals surface area contributed by atoms with Crippen molar-refractivity contribution in [2.75, 3.05) is 0 Å². The lowest BCUT2D eigenvalue weighted by Crippen LogP contribution is -2.27. The fourth-order valence-corrected chi connectivity index (χ4v) is 1.92. The van der Waals surface area contributed by atoms with E-state index in [1.54, 1.807) is 24.4 Å². The van der Waals surface area contributed by atoms with Crippen molar-refractivity contribution >= 4 is 29.1 Å². The molecule has 98 valence electrons. The number of nitrogens with zero attached hydrogens (tertiary/aromatic N) is 1. The van der Waals surface area contributed by atoms with E-state index in [4.69, 9.17) is 23.2 Å². The highest BCUT2D eigenvalue weighted by molar-refractivity contribution is 6.42. The number of benzene rings is 1. The summed E-state index contributed by atoms with van der Waals surface area (Å²) in [5, 5.41) is 3.64. The van der Waals surface area contributed by atoms with E-state index >= 15 is 0 Å². The zero-order chi connectivity index (χ0) is 13.8. The Morgan fingerprint density at radius 3 is 2.63 bits per heavy atom. The number of amides is 1. The van der Waals surface area contributed by atoms with Crippen molar-refractivity contribution in [1.29, 1.82) is 0 Å². The molecule has 2 aromatic rings. The number of aromatic nitrogens is 1. The molecular formula is C14H12Cl2N2O. The maximum atomic E-state index is 12.1. The van der Waals surface area contributed by atoms with E-state index in [-0.39, 0.29) is 11.9 Å². The van der Waals surface area contributed by atoms with Gasteiger partial charge in [-0.15, -0.1) is 0 Å². The van der Waals surface area contributed by atoms with E-state index in [0.717, 1.165) is 5.69 Å². The zero-order valence-corrected chi connectivity index (χ0v) is 11.7. The first-order chi connectivity index (χ1) is 9.08. The Bertz CT molecular complexity index is 587. The first-order valence-corrected chi connectivity index (χ1v) is 6.50. The number of rotatable bonds is 3. The highest BCUT2D eigenvalue weighted by Gasteiger charge is 2.13. The highest BCUT2D eigenvalue weighted by Crippen LogP contribution is 2.22. The molecule has 0 radical (unpaired) electrons. The molecule has 5 heteroatoms. The lowest BCUT2D eigenvalue weighted by Gasteiger charge is -2.13. The van der Waals surface area contributed by atoms with E-state index in [1.807, 2.05) is 25.1 Å². The van der Waals surface area contributed by atoms with Crippen LogP contribution in [0.2, 0.25) is 10.0 Å². The van der Waals surface area contributed by atoms with Gasteiger partial charge in [-0.25, -0.2) is 0 Å². The lowest BCUT2D eigenvalue weighted by molar-refractivity contribution is 0.0939. The first kappa shape index (κ1) is 13.8. The Balaban J connectivity index is 2.11. The molecule has 2 rings (SSSR count). The van der Waals surface area contributed by atoms with E-state index in [1.165, 1.54) is 0 Å². The SMILES string of the molecule is C[C@@H](NC(=O)c1ccc(Cl)c(Cl)c1)c1ccccn1. The van der Waals surface area contributed by atoms with Gasteiger partial charge in [0.1, 0.15) is 0 Å². The summed E-state index contributed by atoms with van der Waals surface area (Å²) in [6.45, 7) is 1.87. The molecule has 0 saturated carbocycles. The number of carbonyl (C=O) groups is 1. The molecular weight excluding hydrogens is 283 g/mol. The molecule has 1 amide bonds. The summed E-state index contributed by atoms with van der Waals surface area (Å²) in [5.74, 6) is -0.211. The minimum Gasteiger partial charge on any atom is -0.344 e. The summed E-state index contributed by atoms with van der Waals surface area (Å²) in [6, 6.07) is 10.2. The maximum absolute atomic E-state index is 12.1. The van der Waals surface area contributed by atoms with Crippen molar-refractivity contribution in [3.05, 3.63) is 63.9 Å². The number of pyridine rings is 1. The van der Waals surface area contributed by atoms with Crippen LogP contribution in [0.4, 0.5) is 0 Å². The summed E-state index contributed by atoms with van der Waals surface area (Å²) in [6.07, 6.45) is 1.69. The van der Waals surface area contributed by atoms with Crippen LogP contribution in [0.3, 0.4) is 0 Å². The molecule has 3 nitrogen and oxygen atoms in total. The summed E-state index contributed by atoms with van der Waals surface area (Å²) in [5.41, 5.74) is 1.27. The van der Waals surface area contributed by atoms with Crippen LogP contribution in [0.25, 0.3) is 0 Å². The normalized spacial score (nSPS) is 11.9. The predicted molar refractivity (Wildman–Crippen MR) is 76.6 cm³/mol. The summed E-state index contributed by atoms with van der Waals surface area (Å²) >= 11 is 11.7. The van der Waals surface area contributed by atoms with Gasteiger partial charge in [-0.2, -0.15) is 0 Å². The van der Waals surface area contributed by atoms with Gasteiger partial charge in [-0.1, -0.05) is 29.3 Å². The van der Waals surface area contributed by atoms with Gasteiger partial charge >= 0.3 is 0 Å². The van der Waals surface area contributed by atoms with Crippen LogP contribution in [-0.2, 0) is 0 Å². The summed E-state index contributed by atoms with van der Waals surface area (Å²) in [7, 11) is 0. The van der Waals surface area contributed by atoms with Crippen molar-refractivity contribution in [3.8, 4) is 0 Å². The zero-order valence-electron chi connectivity index (χ0n) is 10.2. The standard InChI is InChI=1S/C14H12Cl2N2O/c1-9(13-4-2-3-7-17-13)18-14(19)10-5-6-11(15)12(16)8-10/h2-9H,1H3,(H,18,19)/t9-/m1/s1. The van der Waals surface area contributed by atoms with Crippen LogP contribution >= 0.6 is 23.2 Å². The van der Waals surface area contributed by atoms with Gasteiger partial charge in [0.05, 0.1) is 21.8 Å². The van der Waals surface area contributed by atoms with Crippen LogP contribution in [0.5, 0.6) is 0 Å². The molecule has 1 aromatic heterocycles. The van der Waals surface area contributed by atoms with Gasteiger partial charge in [0, 0.05) is 11.8 Å². The van der Waals surface area contributed by atoms with Crippen molar-refractivity contribution in [1.82, 2.24) is 10.3 Å². The Labute approximate surface area is 121 Å². The summed E-state index contributed by atoms with van der Waals surface area (Å²) < 4.78 is 0. The second-order valence-electron chi connectivity index (χ2n) is 4.08. The Morgan fingerprint density at radius 1 is 1.21 bits per heavy atom. The third-order valence-corrected chi connectivity index (χ3v) is 3.40. The molecule has 1 aromatic carbocycles. The fourth-order valence-electron chi connectivity index (χ4n) is 1.62. The van der Waals surface area contributed by atoms with E-state index in [2.05, 4.69) is 10.3 Å². The van der Waals surface area contributed by atoms with Crippen molar-refractivity contribution in [2.24, 2.45) is 0 Å². The first-order valence-electron chi connectivity index (χ1n) is 5.75. The Kier molecular flexibility index (Phi) is 4.40. The van der Waals surface area contributed by atoms with Crippen molar-refractivity contribution in [2.45, 2.75) is 13.0 Å². The minimum atomic E-state index is -0.211. The van der Waals surface area contributed by atoms with E-state index in [9.17, 15) is 4.79 Å². The molecule has 19 heavy (non-hydrogen) atoms. The molecule has 0 aliphatic heterocycles. The largest absolute Gasteiger partial charge is 0.344 e. The number of carbonyl (C=O) groups excluding carboxylic acids is 1. The average Bonchev–Trinajstić information content (AvgIpc) is 2.42. The van der Waals surface area contributed by atoms with Crippen LogP contribution in [0.15, 0.2) is 42.6 Å². The van der Waals surface area contributed by atoms with Gasteiger partial charge in [0.2, 0.25) is 0 Å². The number of hydrogen-bond acceptors (Lipinski definition) is 2. The lowest BCUT2D eigenvalue weighted by atomic mass is 10.1. The topological polar surface area (TPSA) is 42.0 Å². The van der Waals surface area contributed by atoms with Crippen LogP contribution in [0.1, 0.15) is 29.0 Å². The Morgan fingerprint density at radius 2 is 2.00 bits per heavy atom. The Hall–Kier alpha value is -1.58. The third-order valence-electron chi connectivity index (χ3n) is 2.66. The van der Waals surface area contributed by atoms with Gasteiger partial charge < -0.3 is 5.32 Å². The minimum absolute atomic E-state index is 0.178. The number of hydrogen-bond donors (Lipinski definition) is 1. The van der Waals surface area contributed by atoms with Gasteiger partial charge in [0.25, 0.3) is 5.91 Å². The molecule has 1 heterocycles. The molecule has 0 aliphatic rings. The quantitative estimate of drug-likeness (QED) is 0.933. The van der Waals surface area contributed by atoms with Gasteiger partial charge in [0.15, 0.2) is 0 Å². The van der Waals surface area contributed by atoms with Crippen LogP contribution in [0, 0.1) is 0 Å². The second-order valence-corrected chi connectivity index (χ2v) is 4.89. The fraction of sp³-hybridized carbons (Fsp3) is 0.143. The molecule has 1 N–H and O–H groups in total. The number of halogens is 2. The van der Waals surface area contributed by atoms with Gasteiger partial charge in [-0.3, -0.25) is 9.78 Å². The van der Waals surface area contributed by atoms with Crippen molar-refractivity contribution in [3.63, 3.8) is 0 Å². The summed E-state index contributed by atoms with van der Waals surface area (Å²) in [4.78, 5) is 16.2. The molecule has 0 fully saturated rings. The van der Waals surface area contributed by atoms with Crippen molar-refractivity contribution < 1.29 is 4.79 Å². The molecule has 0 unspecified atom stereocenters. The smallest absolute Gasteiger partial charge is 0.251 e. The third kappa shape index (κ3) is 3.46.